The van der Waals surface area contributed by atoms with Crippen molar-refractivity contribution >= 4 is 17.0 Å². The molecular weight excluding hydrogens is 384 g/mol. The predicted octanol–water partition coefficient (Wildman–Crippen LogP) is 4.17. The summed E-state index contributed by atoms with van der Waals surface area (Å²) in [5, 5.41) is 14.9. The maximum Gasteiger partial charge on any atom is 0.178 e. The van der Waals surface area contributed by atoms with Crippen LogP contribution in [0.2, 0.25) is 0 Å². The van der Waals surface area contributed by atoms with E-state index >= 15 is 0 Å². The van der Waals surface area contributed by atoms with Gasteiger partial charge in [0.2, 0.25) is 0 Å². The molecule has 0 bridgehead atoms. The number of fused-ring (bicyclic) bond motifs is 1. The second kappa shape index (κ2) is 8.12. The van der Waals surface area contributed by atoms with Crippen LogP contribution in [-0.2, 0) is 5.41 Å². The Morgan fingerprint density at radius 3 is 2.55 bits per heavy atom. The first kappa shape index (κ1) is 19.7. The second-order valence-corrected chi connectivity index (χ2v) is 8.88. The van der Waals surface area contributed by atoms with E-state index in [0.717, 1.165) is 24.0 Å². The molecule has 1 aliphatic carbocycles. The van der Waals surface area contributed by atoms with Gasteiger partial charge in [-0.05, 0) is 54.0 Å². The molecule has 0 spiro atoms. The highest BCUT2D eigenvalue weighted by molar-refractivity contribution is 5.77. The molecule has 6 nitrogen and oxygen atoms in total. The number of hydrogen-bond acceptors (Lipinski definition) is 5. The Morgan fingerprint density at radius 2 is 1.81 bits per heavy atom. The van der Waals surface area contributed by atoms with Crippen molar-refractivity contribution in [1.29, 1.82) is 0 Å². The third-order valence-corrected chi connectivity index (χ3v) is 6.66. The lowest BCUT2D eigenvalue weighted by Gasteiger charge is -2.46. The molecule has 1 fully saturated rings. The maximum absolute atomic E-state index is 6.09. The van der Waals surface area contributed by atoms with Crippen molar-refractivity contribution < 1.29 is 0 Å². The summed E-state index contributed by atoms with van der Waals surface area (Å²) < 4.78 is 0. The average Bonchev–Trinajstić information content (AvgIpc) is 3.24. The Hall–Kier alpha value is -3.25. The van der Waals surface area contributed by atoms with Gasteiger partial charge in [-0.2, -0.15) is 0 Å². The molecule has 1 atom stereocenters. The predicted molar refractivity (Wildman–Crippen MR) is 124 cm³/mol. The number of nitrogens with two attached hydrogens (primary N) is 1. The van der Waals surface area contributed by atoms with Gasteiger partial charge in [-0.25, -0.2) is 10.1 Å². The zero-order valence-corrected chi connectivity index (χ0v) is 17.8. The van der Waals surface area contributed by atoms with Crippen LogP contribution in [0.4, 0.5) is 5.82 Å². The minimum atomic E-state index is 0.173. The number of aromatic nitrogens is 4. The summed E-state index contributed by atoms with van der Waals surface area (Å²) in [6.45, 7) is 3.30. The summed E-state index contributed by atoms with van der Waals surface area (Å²) in [7, 11) is 0. The standard InChI is InChI=1S/C25H28N6/c1-25(18-10-6-3-7-11-18)15-19(16-25)27-13-12-20(17-8-4-2-5-9-17)21-14-22(26)28-24-23(21)29-31-30-24/h2-11,14,19-20,27H,12-13,15-16H2,1H3,(H3,26,28,29,30,31). The maximum atomic E-state index is 6.09. The molecule has 1 saturated carbocycles. The van der Waals surface area contributed by atoms with Gasteiger partial charge in [0.1, 0.15) is 11.3 Å². The number of pyridine rings is 1. The molecule has 5 rings (SSSR count). The average molecular weight is 413 g/mol. The first-order valence-electron chi connectivity index (χ1n) is 10.9. The fraction of sp³-hybridized carbons (Fsp3) is 0.320. The molecule has 0 amide bonds. The summed E-state index contributed by atoms with van der Waals surface area (Å²) in [5.74, 6) is 0.659. The van der Waals surface area contributed by atoms with Crippen LogP contribution in [0, 0.1) is 0 Å². The molecular formula is C25H28N6. The van der Waals surface area contributed by atoms with Crippen molar-refractivity contribution in [1.82, 2.24) is 25.7 Å². The summed E-state index contributed by atoms with van der Waals surface area (Å²) in [5.41, 5.74) is 11.6. The van der Waals surface area contributed by atoms with E-state index in [1.807, 2.05) is 12.1 Å². The highest BCUT2D eigenvalue weighted by Gasteiger charge is 2.41. The molecule has 2 heterocycles. The van der Waals surface area contributed by atoms with Crippen molar-refractivity contribution in [2.75, 3.05) is 12.3 Å². The monoisotopic (exact) mass is 412 g/mol. The van der Waals surface area contributed by atoms with E-state index in [-0.39, 0.29) is 11.3 Å². The van der Waals surface area contributed by atoms with Crippen molar-refractivity contribution in [3.63, 3.8) is 0 Å². The van der Waals surface area contributed by atoms with E-state index < -0.39 is 0 Å². The number of benzene rings is 2. The number of H-pyrrole nitrogens is 1. The lowest BCUT2D eigenvalue weighted by atomic mass is 9.63. The fourth-order valence-corrected chi connectivity index (χ4v) is 5.02. The summed E-state index contributed by atoms with van der Waals surface area (Å²) >= 11 is 0. The number of nitrogens with one attached hydrogen (secondary N) is 2. The largest absolute Gasteiger partial charge is 0.384 e. The van der Waals surface area contributed by atoms with Crippen molar-refractivity contribution in [3.8, 4) is 0 Å². The zero-order valence-electron chi connectivity index (χ0n) is 17.8. The Labute approximate surface area is 182 Å². The van der Waals surface area contributed by atoms with Crippen molar-refractivity contribution in [3.05, 3.63) is 83.4 Å². The van der Waals surface area contributed by atoms with Gasteiger partial charge in [-0.3, -0.25) is 0 Å². The number of anilines is 1. The fourth-order valence-electron chi connectivity index (χ4n) is 5.02. The van der Waals surface area contributed by atoms with E-state index in [0.29, 0.717) is 17.5 Å². The van der Waals surface area contributed by atoms with Gasteiger partial charge >= 0.3 is 0 Å². The molecule has 1 aliphatic rings. The summed E-state index contributed by atoms with van der Waals surface area (Å²) in [6, 6.07) is 23.9. The normalized spacial score (nSPS) is 21.6. The van der Waals surface area contributed by atoms with Crippen molar-refractivity contribution in [2.24, 2.45) is 0 Å². The highest BCUT2D eigenvalue weighted by Crippen LogP contribution is 2.43. The molecule has 4 N–H and O–H groups in total. The molecule has 2 aromatic heterocycles. The molecule has 4 aromatic rings. The van der Waals surface area contributed by atoms with E-state index in [4.69, 9.17) is 5.73 Å². The van der Waals surface area contributed by atoms with Gasteiger partial charge < -0.3 is 11.1 Å². The SMILES string of the molecule is CC1(c2ccccc2)CC(NCCC(c2ccccc2)c2cc(N)nc3[nH]nnc23)C1. The smallest absolute Gasteiger partial charge is 0.178 e. The van der Waals surface area contributed by atoms with Crippen LogP contribution in [0.5, 0.6) is 0 Å². The van der Waals surface area contributed by atoms with Crippen LogP contribution < -0.4 is 11.1 Å². The minimum absolute atomic E-state index is 0.173. The minimum Gasteiger partial charge on any atom is -0.384 e. The van der Waals surface area contributed by atoms with E-state index in [2.05, 4.69) is 87.2 Å². The molecule has 31 heavy (non-hydrogen) atoms. The topological polar surface area (TPSA) is 92.5 Å². The van der Waals surface area contributed by atoms with E-state index in [1.54, 1.807) is 0 Å². The van der Waals surface area contributed by atoms with Crippen molar-refractivity contribution in [2.45, 2.75) is 43.6 Å². The number of hydrogen-bond donors (Lipinski definition) is 3. The summed E-state index contributed by atoms with van der Waals surface area (Å²) in [6.07, 6.45) is 3.29. The van der Waals surface area contributed by atoms with Gasteiger partial charge in [-0.1, -0.05) is 72.8 Å². The summed E-state index contributed by atoms with van der Waals surface area (Å²) in [4.78, 5) is 4.33. The first-order chi connectivity index (χ1) is 15.1. The lowest BCUT2D eigenvalue weighted by molar-refractivity contribution is 0.189. The van der Waals surface area contributed by atoms with Crippen LogP contribution in [0.25, 0.3) is 11.2 Å². The van der Waals surface area contributed by atoms with Gasteiger partial charge in [0.25, 0.3) is 0 Å². The highest BCUT2D eigenvalue weighted by atomic mass is 15.3. The Kier molecular flexibility index (Phi) is 5.16. The molecule has 6 heteroatoms. The van der Waals surface area contributed by atoms with Gasteiger partial charge in [-0.15, -0.1) is 5.10 Å². The Bertz CT molecular complexity index is 1150. The van der Waals surface area contributed by atoms with Crippen LogP contribution in [-0.4, -0.2) is 33.0 Å². The molecule has 0 radical (unpaired) electrons. The van der Waals surface area contributed by atoms with Crippen LogP contribution in [0.3, 0.4) is 0 Å². The van der Waals surface area contributed by atoms with Crippen LogP contribution in [0.15, 0.2) is 66.7 Å². The number of aromatic amines is 1. The second-order valence-electron chi connectivity index (χ2n) is 8.88. The molecule has 158 valence electrons. The number of nitrogen functional groups attached to an aromatic ring is 1. The third-order valence-electron chi connectivity index (χ3n) is 6.66. The van der Waals surface area contributed by atoms with Gasteiger partial charge in [0.15, 0.2) is 5.65 Å². The number of nitrogens with zero attached hydrogens (tertiary/aromatic N) is 3. The van der Waals surface area contributed by atoms with Crippen LogP contribution >= 0.6 is 0 Å². The first-order valence-corrected chi connectivity index (χ1v) is 10.9. The van der Waals surface area contributed by atoms with Gasteiger partial charge in [0.05, 0.1) is 0 Å². The Balaban J connectivity index is 1.30. The van der Waals surface area contributed by atoms with Gasteiger partial charge in [0, 0.05) is 12.0 Å². The van der Waals surface area contributed by atoms with E-state index in [9.17, 15) is 0 Å². The third kappa shape index (κ3) is 3.91. The lowest BCUT2D eigenvalue weighted by Crippen LogP contribution is -2.50. The molecule has 1 unspecified atom stereocenters. The molecule has 0 saturated heterocycles. The Morgan fingerprint density at radius 1 is 1.10 bits per heavy atom. The van der Waals surface area contributed by atoms with Crippen LogP contribution in [0.1, 0.15) is 48.8 Å². The zero-order chi connectivity index (χ0) is 21.3. The molecule has 2 aromatic carbocycles. The van der Waals surface area contributed by atoms with E-state index in [1.165, 1.54) is 24.0 Å². The quantitative estimate of drug-likeness (QED) is 0.424. The molecule has 0 aliphatic heterocycles. The number of rotatable bonds is 7.